The van der Waals surface area contributed by atoms with Crippen molar-refractivity contribution in [3.8, 4) is 0 Å². The van der Waals surface area contributed by atoms with Gasteiger partial charge >= 0.3 is 11.9 Å². The fraction of sp³-hybridized carbons (Fsp3) is 0. The number of hydrogen-bond donors (Lipinski definition) is 3. The third-order valence-electron chi connectivity index (χ3n) is 1.71. The van der Waals surface area contributed by atoms with Crippen molar-refractivity contribution in [1.29, 1.82) is 0 Å². The minimum Gasteiger partial charge on any atom is -0.478 e. The van der Waals surface area contributed by atoms with Crippen LogP contribution in [0, 0.1) is 0 Å². The summed E-state index contributed by atoms with van der Waals surface area (Å²) in [5.74, 6) is -2.69. The van der Waals surface area contributed by atoms with Crippen molar-refractivity contribution in [2.24, 2.45) is 0 Å². The number of hydrogen-bond acceptors (Lipinski definition) is 3. The summed E-state index contributed by atoms with van der Waals surface area (Å²) in [5, 5.41) is 19.6. The minimum absolute atomic E-state index is 0.229. The topological polar surface area (TPSA) is 104 Å². The van der Waals surface area contributed by atoms with Crippen LogP contribution in [-0.2, 0) is 4.79 Å². The molecular weight excluding hydrogens is 202 g/mol. The van der Waals surface area contributed by atoms with Crippen molar-refractivity contribution in [2.75, 3.05) is 5.32 Å². The molecule has 3 N–H and O–H groups in total. The summed E-state index contributed by atoms with van der Waals surface area (Å²) in [7, 11) is 0. The average molecular weight is 209 g/mol. The number of carboxylic acids is 2. The van der Waals surface area contributed by atoms with Gasteiger partial charge in [0.25, 0.3) is 0 Å². The monoisotopic (exact) mass is 209 g/mol. The number of aromatic carboxylic acids is 2. The molecule has 0 atom stereocenters. The molecule has 1 aromatic rings. The van der Waals surface area contributed by atoms with Gasteiger partial charge in [-0.1, -0.05) is 0 Å². The molecule has 0 bridgehead atoms. The van der Waals surface area contributed by atoms with E-state index in [1.807, 2.05) is 0 Å². The van der Waals surface area contributed by atoms with Gasteiger partial charge in [0.1, 0.15) is 0 Å². The molecule has 0 saturated carbocycles. The molecule has 0 unspecified atom stereocenters. The summed E-state index contributed by atoms with van der Waals surface area (Å²) in [4.78, 5) is 31.4. The summed E-state index contributed by atoms with van der Waals surface area (Å²) >= 11 is 0. The van der Waals surface area contributed by atoms with Crippen molar-refractivity contribution in [3.05, 3.63) is 29.3 Å². The van der Waals surface area contributed by atoms with Gasteiger partial charge in [-0.3, -0.25) is 4.79 Å². The van der Waals surface area contributed by atoms with Crippen LogP contribution in [0.25, 0.3) is 0 Å². The first kappa shape index (κ1) is 10.7. The van der Waals surface area contributed by atoms with Gasteiger partial charge in [-0.2, -0.15) is 0 Å². The smallest absolute Gasteiger partial charge is 0.336 e. The zero-order valence-electron chi connectivity index (χ0n) is 7.43. The third kappa shape index (κ3) is 2.31. The first-order valence-corrected chi connectivity index (χ1v) is 3.87. The van der Waals surface area contributed by atoms with E-state index in [1.54, 1.807) is 0 Å². The Balaban J connectivity index is 3.26. The molecule has 1 amide bonds. The molecule has 0 saturated heterocycles. The van der Waals surface area contributed by atoms with E-state index in [4.69, 9.17) is 10.2 Å². The summed E-state index contributed by atoms with van der Waals surface area (Å²) in [6, 6.07) is 3.52. The van der Waals surface area contributed by atoms with Gasteiger partial charge in [0.15, 0.2) is 0 Å². The van der Waals surface area contributed by atoms with E-state index >= 15 is 0 Å². The lowest BCUT2D eigenvalue weighted by Crippen LogP contribution is -2.08. The van der Waals surface area contributed by atoms with Gasteiger partial charge in [-0.15, -0.1) is 0 Å². The van der Waals surface area contributed by atoms with Crippen LogP contribution in [-0.4, -0.2) is 28.6 Å². The van der Waals surface area contributed by atoms with Gasteiger partial charge in [-0.25, -0.2) is 9.59 Å². The van der Waals surface area contributed by atoms with E-state index in [1.165, 1.54) is 6.07 Å². The van der Waals surface area contributed by atoms with E-state index in [9.17, 15) is 14.4 Å². The first-order valence-electron chi connectivity index (χ1n) is 3.87. The van der Waals surface area contributed by atoms with Crippen LogP contribution in [0.2, 0.25) is 0 Å². The Hall–Kier alpha value is -2.37. The summed E-state index contributed by atoms with van der Waals surface area (Å²) < 4.78 is 0. The van der Waals surface area contributed by atoms with Gasteiger partial charge in [0, 0.05) is 5.69 Å². The highest BCUT2D eigenvalue weighted by Gasteiger charge is 2.15. The highest BCUT2D eigenvalue weighted by atomic mass is 16.4. The molecule has 0 aliphatic rings. The number of rotatable bonds is 4. The Morgan fingerprint density at radius 2 is 1.73 bits per heavy atom. The Kier molecular flexibility index (Phi) is 3.02. The summed E-state index contributed by atoms with van der Waals surface area (Å²) in [6.45, 7) is 0. The predicted molar refractivity (Wildman–Crippen MR) is 50.0 cm³/mol. The average Bonchev–Trinajstić information content (AvgIpc) is 2.17. The van der Waals surface area contributed by atoms with Crippen LogP contribution in [0.3, 0.4) is 0 Å². The largest absolute Gasteiger partial charge is 0.478 e. The number of anilines is 1. The molecule has 0 fully saturated rings. The van der Waals surface area contributed by atoms with E-state index in [-0.39, 0.29) is 16.8 Å². The summed E-state index contributed by atoms with van der Waals surface area (Å²) in [6.07, 6.45) is 0.376. The number of carbonyl (C=O) groups is 3. The standard InChI is InChI=1S/C9H7NO5/c11-4-10-5-1-2-6(8(12)13)7(3-5)9(14)15/h1-4H,(H,10,11)(H,12,13)(H,14,15). The van der Waals surface area contributed by atoms with Crippen LogP contribution in [0.5, 0.6) is 0 Å². The molecule has 0 radical (unpaired) electrons. The highest BCUT2D eigenvalue weighted by molar-refractivity contribution is 6.02. The molecule has 0 aliphatic heterocycles. The fourth-order valence-corrected chi connectivity index (χ4v) is 1.07. The quantitative estimate of drug-likeness (QED) is 0.631. The van der Waals surface area contributed by atoms with Crippen molar-refractivity contribution in [3.63, 3.8) is 0 Å². The van der Waals surface area contributed by atoms with Crippen molar-refractivity contribution in [2.45, 2.75) is 0 Å². The molecule has 6 nitrogen and oxygen atoms in total. The van der Waals surface area contributed by atoms with Crippen LogP contribution in [0.4, 0.5) is 5.69 Å². The fourth-order valence-electron chi connectivity index (χ4n) is 1.07. The van der Waals surface area contributed by atoms with Crippen LogP contribution < -0.4 is 5.32 Å². The molecule has 6 heteroatoms. The zero-order valence-corrected chi connectivity index (χ0v) is 7.43. The first-order chi connectivity index (χ1) is 7.06. The second-order valence-electron chi connectivity index (χ2n) is 2.63. The van der Waals surface area contributed by atoms with Gasteiger partial charge in [0.2, 0.25) is 6.41 Å². The Bertz CT molecular complexity index is 427. The maximum absolute atomic E-state index is 10.7. The number of nitrogens with one attached hydrogen (secondary N) is 1. The molecule has 1 rings (SSSR count). The Morgan fingerprint density at radius 1 is 1.13 bits per heavy atom. The highest BCUT2D eigenvalue weighted by Crippen LogP contribution is 2.15. The molecule has 1 aromatic carbocycles. The van der Waals surface area contributed by atoms with Gasteiger partial charge in [-0.05, 0) is 18.2 Å². The van der Waals surface area contributed by atoms with Crippen molar-refractivity contribution < 1.29 is 24.6 Å². The summed E-state index contributed by atoms with van der Waals surface area (Å²) in [5.41, 5.74) is -0.458. The maximum Gasteiger partial charge on any atom is 0.336 e. The number of amides is 1. The molecule has 0 spiro atoms. The number of carbonyl (C=O) groups excluding carboxylic acids is 1. The SMILES string of the molecule is O=CNc1ccc(C(=O)O)c(C(=O)O)c1. The van der Waals surface area contributed by atoms with Crippen molar-refractivity contribution >= 4 is 24.0 Å². The molecular formula is C9H7NO5. The predicted octanol–water partition coefficient (Wildman–Crippen LogP) is 0.651. The van der Waals surface area contributed by atoms with E-state index in [0.717, 1.165) is 12.1 Å². The zero-order chi connectivity index (χ0) is 11.4. The van der Waals surface area contributed by atoms with Crippen LogP contribution in [0.1, 0.15) is 20.7 Å². The molecule has 15 heavy (non-hydrogen) atoms. The normalized spacial score (nSPS) is 9.33. The number of carboxylic acid groups (broad SMARTS) is 2. The molecule has 0 aromatic heterocycles. The lowest BCUT2D eigenvalue weighted by molar-refractivity contribution is -0.105. The minimum atomic E-state index is -1.36. The molecule has 0 heterocycles. The van der Waals surface area contributed by atoms with E-state index < -0.39 is 11.9 Å². The lowest BCUT2D eigenvalue weighted by Gasteiger charge is -2.04. The molecule has 78 valence electrons. The maximum atomic E-state index is 10.7. The Labute approximate surface area is 84.1 Å². The lowest BCUT2D eigenvalue weighted by atomic mass is 10.1. The van der Waals surface area contributed by atoms with Crippen LogP contribution >= 0.6 is 0 Å². The Morgan fingerprint density at radius 3 is 2.20 bits per heavy atom. The second-order valence-corrected chi connectivity index (χ2v) is 2.63. The van der Waals surface area contributed by atoms with E-state index in [2.05, 4.69) is 5.32 Å². The number of benzene rings is 1. The van der Waals surface area contributed by atoms with Gasteiger partial charge < -0.3 is 15.5 Å². The van der Waals surface area contributed by atoms with Crippen molar-refractivity contribution in [1.82, 2.24) is 0 Å². The third-order valence-corrected chi connectivity index (χ3v) is 1.71. The molecule has 0 aliphatic carbocycles. The van der Waals surface area contributed by atoms with Gasteiger partial charge in [0.05, 0.1) is 11.1 Å². The van der Waals surface area contributed by atoms with E-state index in [0.29, 0.717) is 6.41 Å². The van der Waals surface area contributed by atoms with Crippen LogP contribution in [0.15, 0.2) is 18.2 Å². The second kappa shape index (κ2) is 4.23.